The number of ether oxygens (including phenoxy) is 1. The van der Waals surface area contributed by atoms with Gasteiger partial charge in [0.2, 0.25) is 0 Å². The maximum Gasteiger partial charge on any atom is 0.272 e. The van der Waals surface area contributed by atoms with Crippen LogP contribution in [-0.4, -0.2) is 44.0 Å². The van der Waals surface area contributed by atoms with Crippen molar-refractivity contribution < 1.29 is 13.5 Å². The highest BCUT2D eigenvalue weighted by Crippen LogP contribution is 2.14. The van der Waals surface area contributed by atoms with Gasteiger partial charge in [0.15, 0.2) is 5.96 Å². The van der Waals surface area contributed by atoms with Crippen LogP contribution < -0.4 is 10.1 Å². The average molecular weight is 397 g/mol. The number of guanidine groups is 1. The molecular weight excluding hydrogens is 379 g/mol. The van der Waals surface area contributed by atoms with Gasteiger partial charge < -0.3 is 15.0 Å². The van der Waals surface area contributed by atoms with Crippen LogP contribution in [0.5, 0.6) is 5.75 Å². The van der Waals surface area contributed by atoms with Crippen molar-refractivity contribution in [2.45, 2.75) is 13.0 Å². The van der Waals surface area contributed by atoms with Gasteiger partial charge in [-0.15, -0.1) is 24.0 Å². The second-order valence-corrected chi connectivity index (χ2v) is 4.33. The molecule has 1 heterocycles. The largest absolute Gasteiger partial charge is 0.488 e. The number of halogens is 3. The lowest BCUT2D eigenvalue weighted by Crippen LogP contribution is -2.35. The molecule has 0 aromatic heterocycles. The van der Waals surface area contributed by atoms with Crippen LogP contribution in [0.3, 0.4) is 0 Å². The van der Waals surface area contributed by atoms with E-state index in [0.29, 0.717) is 12.3 Å². The number of likely N-dealkylation sites (N-methyl/N-ethyl adjacent to an activating group) is 1. The fourth-order valence-electron chi connectivity index (χ4n) is 1.81. The van der Waals surface area contributed by atoms with Gasteiger partial charge in [0.25, 0.3) is 6.43 Å². The highest BCUT2D eigenvalue weighted by Gasteiger charge is 2.11. The number of nitrogens with zero attached hydrogens (tertiary/aromatic N) is 2. The Morgan fingerprint density at radius 2 is 2.25 bits per heavy atom. The summed E-state index contributed by atoms with van der Waals surface area (Å²) in [5.74, 6) is 1.32. The Bertz CT molecular complexity index is 457. The van der Waals surface area contributed by atoms with Gasteiger partial charge in [-0.1, -0.05) is 12.1 Å². The summed E-state index contributed by atoms with van der Waals surface area (Å²) in [6, 6.07) is 7.13. The predicted octanol–water partition coefficient (Wildman–Crippen LogP) is 2.34. The molecule has 1 aromatic rings. The molecule has 0 aliphatic carbocycles. The monoisotopic (exact) mass is 397 g/mol. The van der Waals surface area contributed by atoms with Gasteiger partial charge >= 0.3 is 0 Å². The van der Waals surface area contributed by atoms with Crippen molar-refractivity contribution >= 4 is 29.9 Å². The number of benzene rings is 1. The normalized spacial score (nSPS) is 14.0. The van der Waals surface area contributed by atoms with Crippen molar-refractivity contribution in [2.75, 3.05) is 26.7 Å². The highest BCUT2D eigenvalue weighted by atomic mass is 127. The van der Waals surface area contributed by atoms with Gasteiger partial charge in [-0.2, -0.15) is 0 Å². The number of alkyl halides is 2. The molecule has 0 saturated carbocycles. The summed E-state index contributed by atoms with van der Waals surface area (Å²) in [7, 11) is 1.97. The maximum absolute atomic E-state index is 12.1. The van der Waals surface area contributed by atoms with Crippen LogP contribution in [0.25, 0.3) is 0 Å². The molecule has 4 nitrogen and oxygen atoms in total. The zero-order chi connectivity index (χ0) is 13.7. The summed E-state index contributed by atoms with van der Waals surface area (Å²) >= 11 is 0. The molecule has 2 rings (SSSR count). The fraction of sp³-hybridized carbons (Fsp3) is 0.462. The van der Waals surface area contributed by atoms with E-state index in [1.807, 2.05) is 18.0 Å². The molecule has 0 atom stereocenters. The van der Waals surface area contributed by atoms with Gasteiger partial charge in [-0.05, 0) is 17.7 Å². The van der Waals surface area contributed by atoms with Gasteiger partial charge in [-0.3, -0.25) is 4.99 Å². The second kappa shape index (κ2) is 8.23. The molecule has 1 aliphatic rings. The lowest BCUT2D eigenvalue weighted by Gasteiger charge is -2.15. The van der Waals surface area contributed by atoms with Gasteiger partial charge in [-0.25, -0.2) is 8.78 Å². The summed E-state index contributed by atoms with van der Waals surface area (Å²) in [6.45, 7) is 1.73. The molecule has 0 unspecified atom stereocenters. The zero-order valence-electron chi connectivity index (χ0n) is 11.2. The lowest BCUT2D eigenvalue weighted by molar-refractivity contribution is 0.0818. The standard InChI is InChI=1S/C13H17F2N3O.HI/c1-18-6-5-16-13(18)17-8-10-3-2-4-11(7-10)19-9-12(14)15;/h2-4,7,12H,5-6,8-9H2,1H3,(H,16,17);1H. The molecule has 0 spiro atoms. The van der Waals surface area contributed by atoms with Crippen LogP contribution >= 0.6 is 24.0 Å². The minimum Gasteiger partial charge on any atom is -0.488 e. The van der Waals surface area contributed by atoms with Crippen molar-refractivity contribution in [3.63, 3.8) is 0 Å². The van der Waals surface area contributed by atoms with Gasteiger partial charge in [0, 0.05) is 20.1 Å². The Morgan fingerprint density at radius 1 is 1.45 bits per heavy atom. The minimum atomic E-state index is -2.46. The SMILES string of the molecule is CN1CCN=C1NCc1cccc(OCC(F)F)c1.I. The Balaban J connectivity index is 0.00000200. The van der Waals surface area contributed by atoms with E-state index in [0.717, 1.165) is 24.6 Å². The summed E-state index contributed by atoms with van der Waals surface area (Å²) in [6.07, 6.45) is -2.46. The first kappa shape index (κ1) is 16.9. The third-order valence-electron chi connectivity index (χ3n) is 2.78. The van der Waals surface area contributed by atoms with Crippen LogP contribution in [0, 0.1) is 0 Å². The van der Waals surface area contributed by atoms with E-state index in [1.54, 1.807) is 18.2 Å². The average Bonchev–Trinajstić information content (AvgIpc) is 2.80. The van der Waals surface area contributed by atoms with Gasteiger partial charge in [0.1, 0.15) is 12.4 Å². The maximum atomic E-state index is 12.1. The van der Waals surface area contributed by atoms with E-state index < -0.39 is 13.0 Å². The molecule has 1 N–H and O–H groups in total. The van der Waals surface area contributed by atoms with E-state index >= 15 is 0 Å². The van der Waals surface area contributed by atoms with Crippen molar-refractivity contribution in [3.05, 3.63) is 29.8 Å². The molecule has 20 heavy (non-hydrogen) atoms. The number of rotatable bonds is 5. The number of hydrogen-bond donors (Lipinski definition) is 1. The first-order valence-electron chi connectivity index (χ1n) is 6.14. The van der Waals surface area contributed by atoms with E-state index in [9.17, 15) is 8.78 Å². The van der Waals surface area contributed by atoms with Crippen molar-refractivity contribution in [1.82, 2.24) is 10.2 Å². The Labute approximate surface area is 134 Å². The zero-order valence-corrected chi connectivity index (χ0v) is 13.5. The Morgan fingerprint density at radius 3 is 2.90 bits per heavy atom. The van der Waals surface area contributed by atoms with Crippen LogP contribution in [0.4, 0.5) is 8.78 Å². The summed E-state index contributed by atoms with van der Waals surface area (Å²) in [5.41, 5.74) is 0.967. The smallest absolute Gasteiger partial charge is 0.272 e. The first-order chi connectivity index (χ1) is 9.15. The molecule has 0 radical (unpaired) electrons. The summed E-state index contributed by atoms with van der Waals surface area (Å²) in [5, 5.41) is 3.21. The van der Waals surface area contributed by atoms with Crippen molar-refractivity contribution in [2.24, 2.45) is 4.99 Å². The summed E-state index contributed by atoms with van der Waals surface area (Å²) < 4.78 is 29.1. The summed E-state index contributed by atoms with van der Waals surface area (Å²) in [4.78, 5) is 6.35. The van der Waals surface area contributed by atoms with Crippen molar-refractivity contribution in [1.29, 1.82) is 0 Å². The second-order valence-electron chi connectivity index (χ2n) is 4.33. The number of nitrogens with one attached hydrogen (secondary N) is 1. The highest BCUT2D eigenvalue weighted by molar-refractivity contribution is 14.0. The lowest BCUT2D eigenvalue weighted by atomic mass is 10.2. The third-order valence-corrected chi connectivity index (χ3v) is 2.78. The molecule has 0 bridgehead atoms. The fourth-order valence-corrected chi connectivity index (χ4v) is 1.81. The van der Waals surface area contributed by atoms with Crippen LogP contribution in [0.2, 0.25) is 0 Å². The molecule has 0 amide bonds. The topological polar surface area (TPSA) is 36.9 Å². The number of hydrogen-bond acceptors (Lipinski definition) is 4. The molecule has 0 saturated heterocycles. The minimum absolute atomic E-state index is 0. The van der Waals surface area contributed by atoms with Crippen LogP contribution in [0.15, 0.2) is 29.3 Å². The molecule has 112 valence electrons. The van der Waals surface area contributed by atoms with Crippen LogP contribution in [-0.2, 0) is 6.54 Å². The predicted molar refractivity (Wildman–Crippen MR) is 85.1 cm³/mol. The van der Waals surface area contributed by atoms with Crippen molar-refractivity contribution in [3.8, 4) is 5.75 Å². The molecule has 7 heteroatoms. The molecule has 1 aromatic carbocycles. The molecule has 0 fully saturated rings. The third kappa shape index (κ3) is 5.10. The van der Waals surface area contributed by atoms with E-state index in [1.165, 1.54) is 0 Å². The van der Waals surface area contributed by atoms with Crippen LogP contribution in [0.1, 0.15) is 5.56 Å². The molecular formula is C13H18F2IN3O. The van der Waals surface area contributed by atoms with E-state index in [-0.39, 0.29) is 24.0 Å². The first-order valence-corrected chi connectivity index (χ1v) is 6.14. The molecule has 1 aliphatic heterocycles. The van der Waals surface area contributed by atoms with E-state index in [2.05, 4.69) is 10.3 Å². The quantitative estimate of drug-likeness (QED) is 0.776. The Hall–Kier alpha value is -1.12. The number of aliphatic imine (C=N–C) groups is 1. The van der Waals surface area contributed by atoms with Gasteiger partial charge in [0.05, 0.1) is 6.54 Å². The Kier molecular flexibility index (Phi) is 6.97. The van der Waals surface area contributed by atoms with E-state index in [4.69, 9.17) is 4.74 Å².